The lowest BCUT2D eigenvalue weighted by Gasteiger charge is -2.25. The van der Waals surface area contributed by atoms with Gasteiger partial charge in [-0.05, 0) is 73.9 Å². The number of hydrogen-bond acceptors (Lipinski definition) is 4. The Morgan fingerprint density at radius 3 is 2.44 bits per heavy atom. The van der Waals surface area contributed by atoms with E-state index in [2.05, 4.69) is 40.9 Å². The number of halogens is 1. The normalized spacial score (nSPS) is 11.0. The summed E-state index contributed by atoms with van der Waals surface area (Å²) in [5.41, 5.74) is 6.48. The molecule has 0 aliphatic heterocycles. The van der Waals surface area contributed by atoms with Crippen molar-refractivity contribution in [3.63, 3.8) is 0 Å². The average molecular weight is 358 g/mol. The largest absolute Gasteiger partial charge is 0.279 e. The van der Waals surface area contributed by atoms with Gasteiger partial charge in [-0.15, -0.1) is 0 Å². The summed E-state index contributed by atoms with van der Waals surface area (Å²) >= 11 is 0. The first-order chi connectivity index (χ1) is 13.0. The van der Waals surface area contributed by atoms with Gasteiger partial charge in [0.1, 0.15) is 11.3 Å². The van der Waals surface area contributed by atoms with Crippen LogP contribution in [0.15, 0.2) is 60.9 Å². The van der Waals surface area contributed by atoms with E-state index < -0.39 is 0 Å². The van der Waals surface area contributed by atoms with Crippen molar-refractivity contribution in [3.05, 3.63) is 83.4 Å². The summed E-state index contributed by atoms with van der Waals surface area (Å²) in [5.74, 6) is 0.175. The fraction of sp³-hybridized carbons (Fsp3) is 0.136. The first-order valence-corrected chi connectivity index (χ1v) is 8.74. The fourth-order valence-electron chi connectivity index (χ4n) is 3.13. The molecule has 0 spiro atoms. The molecule has 4 nitrogen and oxygen atoms in total. The van der Waals surface area contributed by atoms with Gasteiger partial charge < -0.3 is 0 Å². The summed E-state index contributed by atoms with van der Waals surface area (Å²) in [6.45, 7) is 6.18. The number of aromatic nitrogens is 3. The van der Waals surface area contributed by atoms with Crippen molar-refractivity contribution in [2.75, 3.05) is 4.90 Å². The SMILES string of the molecule is Cc1cc(C)c(N(c2cccc(F)c2)c2ncc3ncccc3n2)cc1C. The van der Waals surface area contributed by atoms with Crippen LogP contribution in [-0.4, -0.2) is 15.0 Å². The van der Waals surface area contributed by atoms with E-state index in [0.717, 1.165) is 27.8 Å². The molecule has 2 aromatic heterocycles. The van der Waals surface area contributed by atoms with E-state index in [-0.39, 0.29) is 5.82 Å². The Labute approximate surface area is 157 Å². The molecule has 0 N–H and O–H groups in total. The average Bonchev–Trinajstić information content (AvgIpc) is 2.66. The summed E-state index contributed by atoms with van der Waals surface area (Å²) in [5, 5.41) is 0. The molecular formula is C22H19FN4. The minimum absolute atomic E-state index is 0.304. The van der Waals surface area contributed by atoms with Crippen molar-refractivity contribution in [1.29, 1.82) is 0 Å². The molecule has 0 aliphatic rings. The molecule has 0 fully saturated rings. The maximum atomic E-state index is 14.0. The molecule has 0 unspecified atom stereocenters. The lowest BCUT2D eigenvalue weighted by molar-refractivity contribution is 0.628. The van der Waals surface area contributed by atoms with Crippen molar-refractivity contribution in [3.8, 4) is 0 Å². The maximum Gasteiger partial charge on any atom is 0.235 e. The Morgan fingerprint density at radius 1 is 0.815 bits per heavy atom. The number of anilines is 3. The van der Waals surface area contributed by atoms with Gasteiger partial charge in [0.2, 0.25) is 5.95 Å². The second-order valence-electron chi connectivity index (χ2n) is 6.62. The standard InChI is InChI=1S/C22H19FN4/c1-14-10-16(3)21(11-15(14)2)27(18-7-4-6-17(23)12-18)22-25-13-20-19(26-22)8-5-9-24-20/h4-13H,1-3H3. The van der Waals surface area contributed by atoms with Crippen molar-refractivity contribution in [2.24, 2.45) is 0 Å². The Kier molecular flexibility index (Phi) is 4.28. The summed E-state index contributed by atoms with van der Waals surface area (Å²) in [6, 6.07) is 14.4. The van der Waals surface area contributed by atoms with E-state index in [1.165, 1.54) is 17.7 Å². The molecule has 2 aromatic carbocycles. The van der Waals surface area contributed by atoms with Gasteiger partial charge in [0.25, 0.3) is 0 Å². The van der Waals surface area contributed by atoms with Crippen LogP contribution in [0.1, 0.15) is 16.7 Å². The zero-order valence-corrected chi connectivity index (χ0v) is 15.4. The Balaban J connectivity index is 1.97. The number of rotatable bonds is 3. The summed E-state index contributed by atoms with van der Waals surface area (Å²) < 4.78 is 14.0. The van der Waals surface area contributed by atoms with Crippen molar-refractivity contribution >= 4 is 28.4 Å². The minimum Gasteiger partial charge on any atom is -0.279 e. The number of fused-ring (bicyclic) bond motifs is 1. The van der Waals surface area contributed by atoms with Crippen molar-refractivity contribution in [2.45, 2.75) is 20.8 Å². The first kappa shape index (κ1) is 17.1. The van der Waals surface area contributed by atoms with E-state index in [1.807, 2.05) is 30.0 Å². The molecule has 4 rings (SSSR count). The summed E-state index contributed by atoms with van der Waals surface area (Å²) in [7, 11) is 0. The lowest BCUT2D eigenvalue weighted by Crippen LogP contribution is -2.15. The van der Waals surface area contributed by atoms with Gasteiger partial charge >= 0.3 is 0 Å². The highest BCUT2D eigenvalue weighted by Crippen LogP contribution is 2.36. The van der Waals surface area contributed by atoms with E-state index in [1.54, 1.807) is 18.5 Å². The molecule has 134 valence electrons. The molecule has 5 heteroatoms. The van der Waals surface area contributed by atoms with Gasteiger partial charge in [0.05, 0.1) is 23.1 Å². The molecule has 0 aliphatic carbocycles. The maximum absolute atomic E-state index is 14.0. The van der Waals surface area contributed by atoms with Gasteiger partial charge in [-0.2, -0.15) is 0 Å². The molecule has 0 amide bonds. The highest BCUT2D eigenvalue weighted by molar-refractivity contribution is 5.80. The van der Waals surface area contributed by atoms with Crippen LogP contribution in [0, 0.1) is 26.6 Å². The number of pyridine rings is 1. The van der Waals surface area contributed by atoms with E-state index >= 15 is 0 Å². The van der Waals surface area contributed by atoms with Crippen LogP contribution in [0.4, 0.5) is 21.7 Å². The minimum atomic E-state index is -0.304. The Hall–Kier alpha value is -3.34. The number of nitrogens with zero attached hydrogens (tertiary/aromatic N) is 4. The lowest BCUT2D eigenvalue weighted by atomic mass is 10.0. The number of aryl methyl sites for hydroxylation is 3. The second-order valence-corrected chi connectivity index (χ2v) is 6.62. The molecule has 0 radical (unpaired) electrons. The van der Waals surface area contributed by atoms with Crippen LogP contribution in [0.2, 0.25) is 0 Å². The molecule has 4 aromatic rings. The monoisotopic (exact) mass is 358 g/mol. The summed E-state index contributed by atoms with van der Waals surface area (Å²) in [6.07, 6.45) is 3.41. The van der Waals surface area contributed by atoms with Gasteiger partial charge in [0, 0.05) is 6.20 Å². The van der Waals surface area contributed by atoms with Crippen LogP contribution >= 0.6 is 0 Å². The van der Waals surface area contributed by atoms with Crippen LogP contribution in [0.25, 0.3) is 11.0 Å². The van der Waals surface area contributed by atoms with Crippen molar-refractivity contribution in [1.82, 2.24) is 15.0 Å². The van der Waals surface area contributed by atoms with Crippen LogP contribution in [0.5, 0.6) is 0 Å². The third-order valence-electron chi connectivity index (χ3n) is 4.66. The van der Waals surface area contributed by atoms with Crippen LogP contribution in [0.3, 0.4) is 0 Å². The molecule has 0 saturated heterocycles. The van der Waals surface area contributed by atoms with E-state index in [9.17, 15) is 4.39 Å². The second kappa shape index (κ2) is 6.76. The zero-order chi connectivity index (χ0) is 19.0. The van der Waals surface area contributed by atoms with Gasteiger partial charge in [-0.25, -0.2) is 14.4 Å². The van der Waals surface area contributed by atoms with E-state index in [4.69, 9.17) is 0 Å². The Bertz CT molecular complexity index is 1140. The van der Waals surface area contributed by atoms with Gasteiger partial charge in [0.15, 0.2) is 0 Å². The fourth-order valence-corrected chi connectivity index (χ4v) is 3.13. The highest BCUT2D eigenvalue weighted by atomic mass is 19.1. The van der Waals surface area contributed by atoms with Crippen LogP contribution in [-0.2, 0) is 0 Å². The molecule has 0 atom stereocenters. The molecule has 2 heterocycles. The third-order valence-corrected chi connectivity index (χ3v) is 4.66. The summed E-state index contributed by atoms with van der Waals surface area (Å²) in [4.78, 5) is 15.4. The zero-order valence-electron chi connectivity index (χ0n) is 15.4. The quantitative estimate of drug-likeness (QED) is 0.481. The van der Waals surface area contributed by atoms with Gasteiger partial charge in [-0.1, -0.05) is 12.1 Å². The molecular weight excluding hydrogens is 339 g/mol. The third kappa shape index (κ3) is 3.24. The van der Waals surface area contributed by atoms with Gasteiger partial charge in [-0.3, -0.25) is 9.88 Å². The van der Waals surface area contributed by atoms with Crippen molar-refractivity contribution < 1.29 is 4.39 Å². The molecule has 27 heavy (non-hydrogen) atoms. The highest BCUT2D eigenvalue weighted by Gasteiger charge is 2.19. The Morgan fingerprint density at radius 2 is 1.63 bits per heavy atom. The molecule has 0 saturated carbocycles. The predicted molar refractivity (Wildman–Crippen MR) is 106 cm³/mol. The number of hydrogen-bond donors (Lipinski definition) is 0. The topological polar surface area (TPSA) is 41.9 Å². The van der Waals surface area contributed by atoms with E-state index in [0.29, 0.717) is 11.6 Å². The first-order valence-electron chi connectivity index (χ1n) is 8.74. The predicted octanol–water partition coefficient (Wildman–Crippen LogP) is 5.56. The van der Waals surface area contributed by atoms with Crippen LogP contribution < -0.4 is 4.90 Å². The smallest absolute Gasteiger partial charge is 0.235 e. The molecule has 0 bridgehead atoms. The number of benzene rings is 2.